The van der Waals surface area contributed by atoms with Gasteiger partial charge in [-0.3, -0.25) is 9.59 Å². The Balaban J connectivity index is 1.60. The molecule has 0 bridgehead atoms. The second-order valence-corrected chi connectivity index (χ2v) is 7.49. The number of nitrogens with zero attached hydrogens (tertiary/aromatic N) is 1. The highest BCUT2D eigenvalue weighted by Gasteiger charge is 2.14. The van der Waals surface area contributed by atoms with Crippen LogP contribution in [0.15, 0.2) is 46.2 Å². The van der Waals surface area contributed by atoms with Crippen LogP contribution in [0.4, 0.5) is 5.69 Å². The van der Waals surface area contributed by atoms with E-state index in [2.05, 4.69) is 15.6 Å². The van der Waals surface area contributed by atoms with Crippen molar-refractivity contribution in [3.63, 3.8) is 0 Å². The van der Waals surface area contributed by atoms with Gasteiger partial charge in [-0.1, -0.05) is 26.0 Å². The topological polar surface area (TPSA) is 84.2 Å². The fourth-order valence-electron chi connectivity index (χ4n) is 2.52. The molecular formula is C21H23N3O3S. The fourth-order valence-corrected chi connectivity index (χ4v) is 3.28. The van der Waals surface area contributed by atoms with Gasteiger partial charge in [0.25, 0.3) is 5.91 Å². The molecule has 7 heteroatoms. The first kappa shape index (κ1) is 19.8. The van der Waals surface area contributed by atoms with Crippen molar-refractivity contribution >= 4 is 28.8 Å². The minimum atomic E-state index is -0.250. The van der Waals surface area contributed by atoms with Crippen LogP contribution in [0, 0.1) is 12.8 Å². The van der Waals surface area contributed by atoms with Gasteiger partial charge >= 0.3 is 0 Å². The number of carbonyl (C=O) groups excluding carboxylic acids is 2. The summed E-state index contributed by atoms with van der Waals surface area (Å²) < 4.78 is 5.54. The molecule has 0 saturated heterocycles. The molecule has 0 fully saturated rings. The zero-order chi connectivity index (χ0) is 20.1. The number of rotatable bonds is 7. The lowest BCUT2D eigenvalue weighted by Gasteiger charge is -2.11. The third kappa shape index (κ3) is 4.86. The van der Waals surface area contributed by atoms with E-state index in [0.717, 1.165) is 23.4 Å². The summed E-state index contributed by atoms with van der Waals surface area (Å²) >= 11 is 1.37. The predicted octanol–water partition coefficient (Wildman–Crippen LogP) is 4.63. The van der Waals surface area contributed by atoms with Crippen LogP contribution in [0.3, 0.4) is 0 Å². The van der Waals surface area contributed by atoms with E-state index in [-0.39, 0.29) is 17.7 Å². The minimum absolute atomic E-state index is 0.00755. The standard InChI is InChI=1S/C21H23N3O3S/c1-4-13(2)19(25)23-16-7-5-6-15(10-16)11-22-20(26)17-12-28-21(24-17)18-9-8-14(3)27-18/h5-10,12-13H,4,11H2,1-3H3,(H,22,26)(H,23,25). The highest BCUT2D eigenvalue weighted by Crippen LogP contribution is 2.25. The van der Waals surface area contributed by atoms with Crippen molar-refractivity contribution in [1.82, 2.24) is 10.3 Å². The number of hydrogen-bond donors (Lipinski definition) is 2. The van der Waals surface area contributed by atoms with Crippen LogP contribution in [0.1, 0.15) is 42.1 Å². The fraction of sp³-hybridized carbons (Fsp3) is 0.286. The first-order valence-electron chi connectivity index (χ1n) is 9.16. The minimum Gasteiger partial charge on any atom is -0.459 e. The van der Waals surface area contributed by atoms with Crippen molar-refractivity contribution in [2.75, 3.05) is 5.32 Å². The molecule has 0 saturated carbocycles. The highest BCUT2D eigenvalue weighted by atomic mass is 32.1. The largest absolute Gasteiger partial charge is 0.459 e. The Labute approximate surface area is 168 Å². The van der Waals surface area contributed by atoms with Gasteiger partial charge in [-0.05, 0) is 43.2 Å². The summed E-state index contributed by atoms with van der Waals surface area (Å²) in [5.74, 6) is 1.16. The summed E-state index contributed by atoms with van der Waals surface area (Å²) in [4.78, 5) is 28.8. The Morgan fingerprint density at radius 3 is 2.79 bits per heavy atom. The number of furan rings is 1. The molecule has 1 aromatic carbocycles. The zero-order valence-corrected chi connectivity index (χ0v) is 16.9. The molecule has 6 nitrogen and oxygen atoms in total. The van der Waals surface area contributed by atoms with Gasteiger partial charge in [-0.2, -0.15) is 0 Å². The number of thiazole rings is 1. The number of carbonyl (C=O) groups is 2. The normalized spacial score (nSPS) is 11.8. The first-order chi connectivity index (χ1) is 13.5. The molecule has 28 heavy (non-hydrogen) atoms. The van der Waals surface area contributed by atoms with Crippen LogP contribution < -0.4 is 10.6 Å². The van der Waals surface area contributed by atoms with E-state index in [1.165, 1.54) is 11.3 Å². The molecule has 2 heterocycles. The summed E-state index contributed by atoms with van der Waals surface area (Å²) in [6, 6.07) is 11.2. The smallest absolute Gasteiger partial charge is 0.271 e. The lowest BCUT2D eigenvalue weighted by atomic mass is 10.1. The molecule has 0 spiro atoms. The van der Waals surface area contributed by atoms with Gasteiger partial charge in [0.2, 0.25) is 5.91 Å². The maximum absolute atomic E-state index is 12.4. The number of nitrogens with one attached hydrogen (secondary N) is 2. The lowest BCUT2D eigenvalue weighted by Crippen LogP contribution is -2.23. The van der Waals surface area contributed by atoms with Gasteiger partial charge in [-0.15, -0.1) is 11.3 Å². The molecular weight excluding hydrogens is 374 g/mol. The van der Waals surface area contributed by atoms with Crippen LogP contribution in [-0.4, -0.2) is 16.8 Å². The Bertz CT molecular complexity index is 977. The number of amides is 2. The van der Waals surface area contributed by atoms with Crippen LogP contribution in [0.25, 0.3) is 10.8 Å². The molecule has 0 radical (unpaired) electrons. The molecule has 2 amide bonds. The first-order valence-corrected chi connectivity index (χ1v) is 10.0. The molecule has 2 N–H and O–H groups in total. The molecule has 1 atom stereocenters. The van der Waals surface area contributed by atoms with Gasteiger partial charge < -0.3 is 15.1 Å². The highest BCUT2D eigenvalue weighted by molar-refractivity contribution is 7.13. The number of aryl methyl sites for hydroxylation is 1. The number of anilines is 1. The predicted molar refractivity (Wildman–Crippen MR) is 110 cm³/mol. The number of aromatic nitrogens is 1. The Morgan fingerprint density at radius 1 is 1.25 bits per heavy atom. The van der Waals surface area contributed by atoms with E-state index in [9.17, 15) is 9.59 Å². The SMILES string of the molecule is CCC(C)C(=O)Nc1cccc(CNC(=O)c2csc(-c3ccc(C)o3)n2)c1. The number of hydrogen-bond acceptors (Lipinski definition) is 5. The van der Waals surface area contributed by atoms with Crippen molar-refractivity contribution < 1.29 is 14.0 Å². The maximum atomic E-state index is 12.4. The Hall–Kier alpha value is -2.93. The van der Waals surface area contributed by atoms with E-state index in [1.807, 2.05) is 57.2 Å². The second kappa shape index (κ2) is 8.84. The summed E-state index contributed by atoms with van der Waals surface area (Å²) in [7, 11) is 0. The third-order valence-electron chi connectivity index (χ3n) is 4.40. The van der Waals surface area contributed by atoms with E-state index < -0.39 is 0 Å². The van der Waals surface area contributed by atoms with Crippen molar-refractivity contribution in [3.8, 4) is 10.8 Å². The average molecular weight is 398 g/mol. The van der Waals surface area contributed by atoms with Gasteiger partial charge in [0, 0.05) is 23.5 Å². The van der Waals surface area contributed by atoms with Crippen molar-refractivity contribution in [1.29, 1.82) is 0 Å². The molecule has 0 aliphatic rings. The van der Waals surface area contributed by atoms with Gasteiger partial charge in [0.05, 0.1) is 0 Å². The lowest BCUT2D eigenvalue weighted by molar-refractivity contribution is -0.119. The molecule has 3 rings (SSSR count). The summed E-state index contributed by atoms with van der Waals surface area (Å²) in [5.41, 5.74) is 1.98. The van der Waals surface area contributed by atoms with E-state index in [0.29, 0.717) is 23.0 Å². The summed E-state index contributed by atoms with van der Waals surface area (Å²) in [5, 5.41) is 8.15. The monoisotopic (exact) mass is 397 g/mol. The van der Waals surface area contributed by atoms with E-state index in [4.69, 9.17) is 4.42 Å². The summed E-state index contributed by atoms with van der Waals surface area (Å²) in [6.07, 6.45) is 0.786. The van der Waals surface area contributed by atoms with Crippen LogP contribution >= 0.6 is 11.3 Å². The van der Waals surface area contributed by atoms with Crippen LogP contribution in [0.2, 0.25) is 0 Å². The average Bonchev–Trinajstić information content (AvgIpc) is 3.34. The molecule has 2 aromatic heterocycles. The van der Waals surface area contributed by atoms with Crippen LogP contribution in [0.5, 0.6) is 0 Å². The number of benzene rings is 1. The molecule has 146 valence electrons. The van der Waals surface area contributed by atoms with Crippen molar-refractivity contribution in [2.24, 2.45) is 5.92 Å². The second-order valence-electron chi connectivity index (χ2n) is 6.63. The third-order valence-corrected chi connectivity index (χ3v) is 5.25. The quantitative estimate of drug-likeness (QED) is 0.609. The maximum Gasteiger partial charge on any atom is 0.271 e. The molecule has 3 aromatic rings. The molecule has 1 unspecified atom stereocenters. The van der Waals surface area contributed by atoms with Crippen LogP contribution in [-0.2, 0) is 11.3 Å². The molecule has 0 aliphatic carbocycles. The summed E-state index contributed by atoms with van der Waals surface area (Å²) in [6.45, 7) is 6.08. The Kier molecular flexibility index (Phi) is 6.26. The van der Waals surface area contributed by atoms with E-state index in [1.54, 1.807) is 5.38 Å². The van der Waals surface area contributed by atoms with Crippen molar-refractivity contribution in [3.05, 3.63) is 58.8 Å². The van der Waals surface area contributed by atoms with E-state index >= 15 is 0 Å². The van der Waals surface area contributed by atoms with Crippen molar-refractivity contribution in [2.45, 2.75) is 33.7 Å². The van der Waals surface area contributed by atoms with Gasteiger partial charge in [-0.25, -0.2) is 4.98 Å². The Morgan fingerprint density at radius 2 is 2.07 bits per heavy atom. The zero-order valence-electron chi connectivity index (χ0n) is 16.1. The van der Waals surface area contributed by atoms with Gasteiger partial charge in [0.15, 0.2) is 10.8 Å². The van der Waals surface area contributed by atoms with Gasteiger partial charge in [0.1, 0.15) is 11.5 Å². The molecule has 0 aliphatic heterocycles.